The smallest absolute Gasteiger partial charge is 0.0945 e. The third kappa shape index (κ3) is 3.42. The van der Waals surface area contributed by atoms with Crippen molar-refractivity contribution in [3.63, 3.8) is 0 Å². The van der Waals surface area contributed by atoms with Gasteiger partial charge in [-0.15, -0.1) is 0 Å². The lowest BCUT2D eigenvalue weighted by atomic mass is 10.2. The van der Waals surface area contributed by atoms with Gasteiger partial charge >= 0.3 is 0 Å². The first-order chi connectivity index (χ1) is 8.79. The second-order valence-electron chi connectivity index (χ2n) is 4.42. The molecule has 0 atom stereocenters. The van der Waals surface area contributed by atoms with E-state index in [1.165, 1.54) is 5.56 Å². The zero-order chi connectivity index (χ0) is 12.8. The molecule has 0 aliphatic rings. The first kappa shape index (κ1) is 12.8. The highest BCUT2D eigenvalue weighted by atomic mass is 16.3. The fourth-order valence-electron chi connectivity index (χ4n) is 1.96. The summed E-state index contributed by atoms with van der Waals surface area (Å²) in [6, 6.07) is 10.3. The molecule has 0 aliphatic heterocycles. The van der Waals surface area contributed by atoms with E-state index in [-0.39, 0.29) is 6.61 Å². The molecule has 0 aliphatic carbocycles. The van der Waals surface area contributed by atoms with Crippen molar-refractivity contribution in [2.45, 2.75) is 13.1 Å². The summed E-state index contributed by atoms with van der Waals surface area (Å²) in [6.07, 6.45) is 3.67. The lowest BCUT2D eigenvalue weighted by Gasteiger charge is -2.21. The van der Waals surface area contributed by atoms with Crippen molar-refractivity contribution < 1.29 is 5.11 Å². The molecule has 0 saturated carbocycles. The summed E-state index contributed by atoms with van der Waals surface area (Å²) in [4.78, 5) is 6.33. The molecule has 0 bridgehead atoms. The topological polar surface area (TPSA) is 41.3 Å². The molecule has 4 nitrogen and oxygen atoms in total. The Labute approximate surface area is 108 Å². The normalized spacial score (nSPS) is 11.1. The second kappa shape index (κ2) is 6.33. The summed E-state index contributed by atoms with van der Waals surface area (Å²) >= 11 is 0. The number of aliphatic hydroxyl groups is 1. The maximum absolute atomic E-state index is 9.15. The molecule has 4 heteroatoms. The van der Waals surface area contributed by atoms with Crippen LogP contribution in [-0.4, -0.2) is 32.7 Å². The summed E-state index contributed by atoms with van der Waals surface area (Å²) in [5.41, 5.74) is 2.41. The molecule has 0 fully saturated rings. The van der Waals surface area contributed by atoms with Gasteiger partial charge in [-0.3, -0.25) is 4.90 Å². The summed E-state index contributed by atoms with van der Waals surface area (Å²) in [6.45, 7) is 2.48. The number of aromatic nitrogens is 2. The van der Waals surface area contributed by atoms with E-state index in [2.05, 4.69) is 22.0 Å². The van der Waals surface area contributed by atoms with Crippen molar-refractivity contribution >= 4 is 0 Å². The molecular formula is C14H19N3O. The van der Waals surface area contributed by atoms with Gasteiger partial charge in [0.15, 0.2) is 0 Å². The van der Waals surface area contributed by atoms with Crippen LogP contribution in [0.4, 0.5) is 0 Å². The summed E-state index contributed by atoms with van der Waals surface area (Å²) in [5.74, 6) is 0. The predicted octanol–water partition coefficient (Wildman–Crippen LogP) is 1.41. The average molecular weight is 245 g/mol. The third-order valence-electron chi connectivity index (χ3n) is 2.97. The molecule has 0 unspecified atom stereocenters. The number of hydrogen-bond acceptors (Lipinski definition) is 3. The Bertz CT molecular complexity index is 467. The Morgan fingerprint density at radius 2 is 2.00 bits per heavy atom. The van der Waals surface area contributed by atoms with Crippen molar-refractivity contribution in [2.24, 2.45) is 7.05 Å². The van der Waals surface area contributed by atoms with E-state index in [1.54, 1.807) is 6.33 Å². The lowest BCUT2D eigenvalue weighted by molar-refractivity contribution is 0.181. The second-order valence-corrected chi connectivity index (χ2v) is 4.42. The molecule has 1 heterocycles. The van der Waals surface area contributed by atoms with E-state index < -0.39 is 0 Å². The molecule has 1 N–H and O–H groups in total. The molecule has 0 radical (unpaired) electrons. The fraction of sp³-hybridized carbons (Fsp3) is 0.357. The quantitative estimate of drug-likeness (QED) is 0.836. The molecule has 2 rings (SSSR count). The van der Waals surface area contributed by atoms with Crippen molar-refractivity contribution in [1.82, 2.24) is 14.5 Å². The fourth-order valence-corrected chi connectivity index (χ4v) is 1.96. The average Bonchev–Trinajstić information content (AvgIpc) is 2.77. The number of rotatable bonds is 6. The highest BCUT2D eigenvalue weighted by Crippen LogP contribution is 2.08. The molecule has 1 aromatic carbocycles. The lowest BCUT2D eigenvalue weighted by Crippen LogP contribution is -2.26. The molecule has 96 valence electrons. The first-order valence-electron chi connectivity index (χ1n) is 6.12. The molecule has 18 heavy (non-hydrogen) atoms. The summed E-state index contributed by atoms with van der Waals surface area (Å²) in [7, 11) is 1.99. The van der Waals surface area contributed by atoms with Crippen LogP contribution in [0.25, 0.3) is 0 Å². The zero-order valence-corrected chi connectivity index (χ0v) is 10.7. The third-order valence-corrected chi connectivity index (χ3v) is 2.97. The van der Waals surface area contributed by atoms with Crippen LogP contribution in [0.3, 0.4) is 0 Å². The highest BCUT2D eigenvalue weighted by molar-refractivity contribution is 5.14. The minimum Gasteiger partial charge on any atom is -0.395 e. The minimum atomic E-state index is 0.171. The van der Waals surface area contributed by atoms with Gasteiger partial charge < -0.3 is 9.67 Å². The van der Waals surface area contributed by atoms with Crippen LogP contribution in [-0.2, 0) is 20.1 Å². The van der Waals surface area contributed by atoms with Gasteiger partial charge in [0.2, 0.25) is 0 Å². The van der Waals surface area contributed by atoms with Gasteiger partial charge in [-0.1, -0.05) is 30.3 Å². The maximum atomic E-state index is 9.15. The number of nitrogens with zero attached hydrogens (tertiary/aromatic N) is 3. The zero-order valence-electron chi connectivity index (χ0n) is 10.7. The Morgan fingerprint density at radius 3 is 2.61 bits per heavy atom. The first-order valence-corrected chi connectivity index (χ1v) is 6.12. The number of benzene rings is 1. The Kier molecular flexibility index (Phi) is 4.50. The molecule has 0 saturated heterocycles. The van der Waals surface area contributed by atoms with E-state index in [9.17, 15) is 0 Å². The van der Waals surface area contributed by atoms with Gasteiger partial charge in [0, 0.05) is 32.9 Å². The SMILES string of the molecule is Cn1cncc1CN(CCO)Cc1ccccc1. The van der Waals surface area contributed by atoms with Crippen molar-refractivity contribution in [3.05, 3.63) is 54.1 Å². The molecule has 1 aromatic heterocycles. The summed E-state index contributed by atoms with van der Waals surface area (Å²) < 4.78 is 2.01. The van der Waals surface area contributed by atoms with Crippen LogP contribution >= 0.6 is 0 Å². The van der Waals surface area contributed by atoms with Gasteiger partial charge in [-0.25, -0.2) is 4.98 Å². The van der Waals surface area contributed by atoms with Crippen LogP contribution in [0.15, 0.2) is 42.9 Å². The minimum absolute atomic E-state index is 0.171. The van der Waals surface area contributed by atoms with Gasteiger partial charge in [-0.05, 0) is 5.56 Å². The van der Waals surface area contributed by atoms with Gasteiger partial charge in [0.1, 0.15) is 0 Å². The highest BCUT2D eigenvalue weighted by Gasteiger charge is 2.08. The van der Waals surface area contributed by atoms with Gasteiger partial charge in [0.05, 0.1) is 18.6 Å². The van der Waals surface area contributed by atoms with Crippen LogP contribution < -0.4 is 0 Å². The van der Waals surface area contributed by atoms with Crippen LogP contribution in [0.1, 0.15) is 11.3 Å². The van der Waals surface area contributed by atoms with E-state index in [4.69, 9.17) is 5.11 Å². The van der Waals surface area contributed by atoms with E-state index in [1.807, 2.05) is 36.0 Å². The number of aryl methyl sites for hydroxylation is 1. The molecule has 2 aromatic rings. The number of hydrogen-bond donors (Lipinski definition) is 1. The van der Waals surface area contributed by atoms with Crippen LogP contribution in [0.5, 0.6) is 0 Å². The van der Waals surface area contributed by atoms with Crippen molar-refractivity contribution in [1.29, 1.82) is 0 Å². The predicted molar refractivity (Wildman–Crippen MR) is 70.8 cm³/mol. The molecule has 0 amide bonds. The maximum Gasteiger partial charge on any atom is 0.0945 e. The van der Waals surface area contributed by atoms with Crippen molar-refractivity contribution in [2.75, 3.05) is 13.2 Å². The Balaban J connectivity index is 2.02. The van der Waals surface area contributed by atoms with Crippen LogP contribution in [0.2, 0.25) is 0 Å². The molecular weight excluding hydrogens is 226 g/mol. The van der Waals surface area contributed by atoms with E-state index in [0.29, 0.717) is 6.54 Å². The monoisotopic (exact) mass is 245 g/mol. The van der Waals surface area contributed by atoms with Gasteiger partial charge in [0.25, 0.3) is 0 Å². The molecule has 0 spiro atoms. The van der Waals surface area contributed by atoms with Crippen molar-refractivity contribution in [3.8, 4) is 0 Å². The largest absolute Gasteiger partial charge is 0.395 e. The van der Waals surface area contributed by atoms with Gasteiger partial charge in [-0.2, -0.15) is 0 Å². The number of imidazole rings is 1. The standard InChI is InChI=1S/C14H19N3O/c1-16-12-15-9-14(16)11-17(7-8-18)10-13-5-3-2-4-6-13/h2-6,9,12,18H,7-8,10-11H2,1H3. The van der Waals surface area contributed by atoms with E-state index in [0.717, 1.165) is 18.8 Å². The Morgan fingerprint density at radius 1 is 1.22 bits per heavy atom. The summed E-state index contributed by atoms with van der Waals surface area (Å²) in [5, 5.41) is 9.15. The number of aliphatic hydroxyl groups excluding tert-OH is 1. The Hall–Kier alpha value is -1.65. The van der Waals surface area contributed by atoms with Crippen LogP contribution in [0, 0.1) is 0 Å². The van der Waals surface area contributed by atoms with E-state index >= 15 is 0 Å².